The molecular formula is C36H46N2O6. The first-order valence-corrected chi connectivity index (χ1v) is 15.5. The average Bonchev–Trinajstić information content (AvgIpc) is 3.70. The average molecular weight is 603 g/mol. The summed E-state index contributed by atoms with van der Waals surface area (Å²) in [6.45, 7) is 2.19. The number of unbranched alkanes of at least 4 members (excludes halogenated alkanes) is 2. The Bertz CT molecular complexity index is 1460. The van der Waals surface area contributed by atoms with E-state index in [0.717, 1.165) is 41.5 Å². The zero-order chi connectivity index (χ0) is 31.5. The minimum atomic E-state index is -0.884. The number of methoxy groups -OCH3 is 2. The van der Waals surface area contributed by atoms with Crippen LogP contribution >= 0.6 is 0 Å². The van der Waals surface area contributed by atoms with Crippen LogP contribution in [0.4, 0.5) is 0 Å². The number of carbonyl (C=O) groups is 1. The number of aliphatic hydroxyl groups is 1. The van der Waals surface area contributed by atoms with Crippen molar-refractivity contribution in [2.24, 2.45) is 11.8 Å². The van der Waals surface area contributed by atoms with Crippen molar-refractivity contribution in [1.82, 2.24) is 9.97 Å². The highest BCUT2D eigenvalue weighted by atomic mass is 16.5. The number of aromatic hydroxyl groups is 2. The first-order valence-electron chi connectivity index (χ1n) is 15.5. The first-order chi connectivity index (χ1) is 21.3. The summed E-state index contributed by atoms with van der Waals surface area (Å²) in [6, 6.07) is 14.5. The first kappa shape index (κ1) is 32.7. The van der Waals surface area contributed by atoms with E-state index in [0.29, 0.717) is 37.2 Å². The highest BCUT2D eigenvalue weighted by Crippen LogP contribution is 2.31. The number of ether oxygens (including phenoxy) is 2. The third-order valence-electron chi connectivity index (χ3n) is 8.37. The van der Waals surface area contributed by atoms with Gasteiger partial charge < -0.3 is 34.8 Å². The van der Waals surface area contributed by atoms with Crippen LogP contribution < -0.4 is 9.47 Å². The molecule has 0 fully saturated rings. The molecule has 2 aromatic carbocycles. The zero-order valence-electron chi connectivity index (χ0n) is 26.0. The number of phenolic OH excluding ortho intramolecular Hbond substituents is 2. The number of rotatable bonds is 18. The van der Waals surface area contributed by atoms with Crippen LogP contribution in [0.25, 0.3) is 0 Å². The van der Waals surface area contributed by atoms with Crippen LogP contribution in [0.1, 0.15) is 60.6 Å². The van der Waals surface area contributed by atoms with E-state index in [1.54, 1.807) is 24.3 Å². The number of benzene rings is 2. The largest absolute Gasteiger partial charge is 0.504 e. The second-order valence-corrected chi connectivity index (χ2v) is 11.7. The number of aliphatic hydroxyl groups excluding tert-OH is 1. The SMILES string of the molecule is CCCCCc1cc(C[C@@H](Cc2ccc(O)c(OC)c2)C(=O)C[C@@H](O)[C@H](Cc2cc[nH]c2)Cc2ccc(O)c(OC)c2)c[nH]1. The Kier molecular flexibility index (Phi) is 11.9. The maximum atomic E-state index is 14.0. The number of Topliss-reactive ketones (excluding diaryl/α,β-unsaturated/α-hetero) is 1. The quantitative estimate of drug-likeness (QED) is 0.0848. The van der Waals surface area contributed by atoms with E-state index >= 15 is 0 Å². The van der Waals surface area contributed by atoms with Crippen molar-refractivity contribution >= 4 is 5.78 Å². The molecule has 0 aliphatic carbocycles. The predicted molar refractivity (Wildman–Crippen MR) is 172 cm³/mol. The van der Waals surface area contributed by atoms with Gasteiger partial charge in [0, 0.05) is 36.6 Å². The molecule has 236 valence electrons. The number of carbonyl (C=O) groups excluding carboxylic acids is 1. The van der Waals surface area contributed by atoms with Crippen molar-refractivity contribution in [3.8, 4) is 23.0 Å². The molecule has 0 saturated heterocycles. The van der Waals surface area contributed by atoms with Gasteiger partial charge in [0.05, 0.1) is 20.3 Å². The summed E-state index contributed by atoms with van der Waals surface area (Å²) in [5.74, 6) is 0.218. The molecule has 0 aliphatic rings. The molecule has 0 saturated carbocycles. The molecule has 8 heteroatoms. The van der Waals surface area contributed by atoms with Gasteiger partial charge in [0.1, 0.15) is 5.78 Å². The Hall–Kier alpha value is -4.17. The fraction of sp³-hybridized carbons (Fsp3) is 0.417. The molecule has 0 bridgehead atoms. The topological polar surface area (TPSA) is 128 Å². The lowest BCUT2D eigenvalue weighted by Crippen LogP contribution is -2.31. The van der Waals surface area contributed by atoms with Gasteiger partial charge in [-0.1, -0.05) is 31.9 Å². The van der Waals surface area contributed by atoms with Gasteiger partial charge in [-0.05, 0) is 103 Å². The molecule has 4 rings (SSSR count). The Morgan fingerprint density at radius 3 is 2.05 bits per heavy atom. The van der Waals surface area contributed by atoms with Gasteiger partial charge in [-0.2, -0.15) is 0 Å². The maximum Gasteiger partial charge on any atom is 0.160 e. The number of hydrogen-bond acceptors (Lipinski definition) is 6. The molecule has 0 radical (unpaired) electrons. The molecule has 0 amide bonds. The lowest BCUT2D eigenvalue weighted by atomic mass is 9.82. The lowest BCUT2D eigenvalue weighted by molar-refractivity contribution is -0.125. The van der Waals surface area contributed by atoms with Crippen molar-refractivity contribution < 1.29 is 29.6 Å². The highest BCUT2D eigenvalue weighted by molar-refractivity contribution is 5.82. The highest BCUT2D eigenvalue weighted by Gasteiger charge is 2.28. The number of nitrogens with one attached hydrogen (secondary N) is 2. The summed E-state index contributed by atoms with van der Waals surface area (Å²) >= 11 is 0. The van der Waals surface area contributed by atoms with Crippen molar-refractivity contribution in [2.75, 3.05) is 14.2 Å². The van der Waals surface area contributed by atoms with Gasteiger partial charge >= 0.3 is 0 Å². The molecule has 3 atom stereocenters. The number of H-pyrrole nitrogens is 2. The van der Waals surface area contributed by atoms with E-state index in [9.17, 15) is 20.1 Å². The van der Waals surface area contributed by atoms with E-state index in [1.807, 2.05) is 36.8 Å². The number of hydrogen-bond donors (Lipinski definition) is 5. The molecule has 2 heterocycles. The molecule has 2 aromatic heterocycles. The van der Waals surface area contributed by atoms with Gasteiger partial charge in [0.25, 0.3) is 0 Å². The van der Waals surface area contributed by atoms with E-state index in [2.05, 4.69) is 23.0 Å². The summed E-state index contributed by atoms with van der Waals surface area (Å²) in [6.07, 6.45) is 11.4. The Balaban J connectivity index is 1.54. The van der Waals surface area contributed by atoms with Crippen LogP contribution in [0.15, 0.2) is 67.1 Å². The van der Waals surface area contributed by atoms with E-state index < -0.39 is 6.10 Å². The normalized spacial score (nSPS) is 13.4. The summed E-state index contributed by atoms with van der Waals surface area (Å²) in [7, 11) is 3.01. The molecule has 0 aliphatic heterocycles. The van der Waals surface area contributed by atoms with Gasteiger partial charge in [0.2, 0.25) is 0 Å². The Labute approximate surface area is 260 Å². The number of phenols is 2. The summed E-state index contributed by atoms with van der Waals surface area (Å²) < 4.78 is 10.6. The van der Waals surface area contributed by atoms with Crippen LogP contribution in [0.3, 0.4) is 0 Å². The number of aromatic nitrogens is 2. The summed E-state index contributed by atoms with van der Waals surface area (Å²) in [4.78, 5) is 20.4. The van der Waals surface area contributed by atoms with Crippen LogP contribution in [0.5, 0.6) is 23.0 Å². The molecule has 4 aromatic rings. The summed E-state index contributed by atoms with van der Waals surface area (Å²) in [5, 5.41) is 31.7. The number of aryl methyl sites for hydroxylation is 1. The standard InChI is InChI=1S/C36H46N2O6/c1-4-5-6-7-30-18-27(23-38-30)17-29(15-25-9-11-32(40)36(20-25)44-3)34(42)21-33(41)28(16-26-12-13-37-22-26)14-24-8-10-31(39)35(19-24)43-2/h8-13,18-20,22-23,28-29,33,37-41H,4-7,14-17,21H2,1-3H3/t28-,29+,33+/m0/s1. The smallest absolute Gasteiger partial charge is 0.160 e. The second kappa shape index (κ2) is 16.1. The van der Waals surface area contributed by atoms with Crippen molar-refractivity contribution in [2.45, 2.75) is 70.8 Å². The number of aromatic amines is 2. The molecule has 0 spiro atoms. The summed E-state index contributed by atoms with van der Waals surface area (Å²) in [5.41, 5.74) is 5.06. The van der Waals surface area contributed by atoms with Crippen LogP contribution in [-0.2, 0) is 36.9 Å². The molecule has 44 heavy (non-hydrogen) atoms. The molecule has 8 nitrogen and oxygen atoms in total. The molecule has 0 unspecified atom stereocenters. The van der Waals surface area contributed by atoms with E-state index in [4.69, 9.17) is 9.47 Å². The minimum absolute atomic E-state index is 0.0119. The zero-order valence-corrected chi connectivity index (χ0v) is 26.0. The van der Waals surface area contributed by atoms with Crippen molar-refractivity contribution in [3.05, 3.63) is 95.1 Å². The van der Waals surface area contributed by atoms with E-state index in [-0.39, 0.29) is 35.5 Å². The monoisotopic (exact) mass is 602 g/mol. The fourth-order valence-electron chi connectivity index (χ4n) is 5.86. The number of ketones is 1. The fourth-order valence-corrected chi connectivity index (χ4v) is 5.86. The Morgan fingerprint density at radius 2 is 1.43 bits per heavy atom. The van der Waals surface area contributed by atoms with Crippen molar-refractivity contribution in [1.29, 1.82) is 0 Å². The van der Waals surface area contributed by atoms with Crippen LogP contribution in [0.2, 0.25) is 0 Å². The lowest BCUT2D eigenvalue weighted by Gasteiger charge is -2.25. The van der Waals surface area contributed by atoms with Gasteiger partial charge in [0.15, 0.2) is 23.0 Å². The third kappa shape index (κ3) is 9.16. The van der Waals surface area contributed by atoms with Crippen LogP contribution in [0, 0.1) is 11.8 Å². The maximum absolute atomic E-state index is 14.0. The molecule has 5 N–H and O–H groups in total. The van der Waals surface area contributed by atoms with Gasteiger partial charge in [-0.15, -0.1) is 0 Å². The second-order valence-electron chi connectivity index (χ2n) is 11.7. The van der Waals surface area contributed by atoms with Gasteiger partial charge in [-0.3, -0.25) is 4.79 Å². The molecular weight excluding hydrogens is 556 g/mol. The predicted octanol–water partition coefficient (Wildman–Crippen LogP) is 6.33. The Morgan fingerprint density at radius 1 is 0.795 bits per heavy atom. The minimum Gasteiger partial charge on any atom is -0.504 e. The van der Waals surface area contributed by atoms with Crippen molar-refractivity contribution in [3.63, 3.8) is 0 Å². The van der Waals surface area contributed by atoms with Crippen LogP contribution in [-0.4, -0.2) is 51.4 Å². The van der Waals surface area contributed by atoms with Gasteiger partial charge in [-0.25, -0.2) is 0 Å². The third-order valence-corrected chi connectivity index (χ3v) is 8.37. The van der Waals surface area contributed by atoms with E-state index in [1.165, 1.54) is 26.3 Å².